The number of hydrogen-bond donors (Lipinski definition) is 1. The van der Waals surface area contributed by atoms with Crippen LogP contribution >= 0.6 is 22.7 Å². The zero-order chi connectivity index (χ0) is 18.8. The predicted octanol–water partition coefficient (Wildman–Crippen LogP) is 3.97. The second-order valence-corrected chi connectivity index (χ2v) is 8.64. The van der Waals surface area contributed by atoms with Gasteiger partial charge in [-0.1, -0.05) is 0 Å². The number of amides is 1. The smallest absolute Gasteiger partial charge is 0.259 e. The minimum Gasteiger partial charge on any atom is -0.378 e. The lowest BCUT2D eigenvalue weighted by Gasteiger charge is -2.27. The maximum absolute atomic E-state index is 12.5. The number of aryl methyl sites for hydroxylation is 2. The number of anilines is 2. The van der Waals surface area contributed by atoms with Crippen molar-refractivity contribution in [2.24, 2.45) is 0 Å². The summed E-state index contributed by atoms with van der Waals surface area (Å²) in [6, 6.07) is 5.81. The Balaban J connectivity index is 1.44. The molecule has 0 bridgehead atoms. The van der Waals surface area contributed by atoms with Crippen LogP contribution in [0.25, 0.3) is 11.3 Å². The Morgan fingerprint density at radius 2 is 2.07 bits per heavy atom. The molecule has 1 fully saturated rings. The number of nitrogens with zero attached hydrogens (tertiary/aromatic N) is 3. The van der Waals surface area contributed by atoms with Crippen LogP contribution in [0.15, 0.2) is 29.8 Å². The topological polar surface area (TPSA) is 67.4 Å². The van der Waals surface area contributed by atoms with Crippen LogP contribution in [0.3, 0.4) is 0 Å². The molecule has 0 atom stereocenters. The second-order valence-electron chi connectivity index (χ2n) is 6.32. The van der Waals surface area contributed by atoms with Crippen molar-refractivity contribution in [3.8, 4) is 11.3 Å². The molecule has 27 heavy (non-hydrogen) atoms. The Hall–Kier alpha value is -2.29. The quantitative estimate of drug-likeness (QED) is 0.718. The fourth-order valence-corrected chi connectivity index (χ4v) is 4.65. The summed E-state index contributed by atoms with van der Waals surface area (Å²) in [7, 11) is 0. The number of rotatable bonds is 4. The van der Waals surface area contributed by atoms with E-state index in [9.17, 15) is 4.79 Å². The molecule has 0 aliphatic carbocycles. The summed E-state index contributed by atoms with van der Waals surface area (Å²) in [4.78, 5) is 26.1. The molecule has 0 aromatic carbocycles. The van der Waals surface area contributed by atoms with E-state index in [1.54, 1.807) is 23.6 Å². The van der Waals surface area contributed by atoms with Crippen molar-refractivity contribution in [2.45, 2.75) is 13.8 Å². The van der Waals surface area contributed by atoms with Crippen molar-refractivity contribution in [3.63, 3.8) is 0 Å². The van der Waals surface area contributed by atoms with Gasteiger partial charge in [0.1, 0.15) is 5.82 Å². The third-order valence-electron chi connectivity index (χ3n) is 4.39. The summed E-state index contributed by atoms with van der Waals surface area (Å²) < 4.78 is 5.35. The number of hydrogen-bond acceptors (Lipinski definition) is 7. The molecule has 1 amide bonds. The number of aromatic nitrogens is 2. The molecule has 6 nitrogen and oxygen atoms in total. The number of ether oxygens (including phenoxy) is 1. The molecule has 0 saturated carbocycles. The van der Waals surface area contributed by atoms with E-state index in [0.29, 0.717) is 23.9 Å². The Morgan fingerprint density at radius 3 is 2.74 bits per heavy atom. The highest BCUT2D eigenvalue weighted by Crippen LogP contribution is 2.32. The molecule has 3 aromatic heterocycles. The van der Waals surface area contributed by atoms with Crippen LogP contribution in [0.1, 0.15) is 20.1 Å². The SMILES string of the molecule is Cc1cc(-c2csc(NC(=O)c3ccc(N4CCOCC4)nc3)n2)c(C)s1. The van der Waals surface area contributed by atoms with E-state index in [1.807, 2.05) is 11.4 Å². The largest absolute Gasteiger partial charge is 0.378 e. The van der Waals surface area contributed by atoms with Crippen molar-refractivity contribution in [1.29, 1.82) is 0 Å². The minimum atomic E-state index is -0.199. The lowest BCUT2D eigenvalue weighted by molar-refractivity contribution is 0.102. The number of carbonyl (C=O) groups excluding carboxylic acids is 1. The Bertz CT molecular complexity index is 943. The highest BCUT2D eigenvalue weighted by Gasteiger charge is 2.15. The van der Waals surface area contributed by atoms with Crippen LogP contribution in [0.5, 0.6) is 0 Å². The summed E-state index contributed by atoms with van der Waals surface area (Å²) in [6.07, 6.45) is 1.61. The molecule has 4 heterocycles. The molecule has 1 N–H and O–H groups in total. The van der Waals surface area contributed by atoms with E-state index in [4.69, 9.17) is 4.74 Å². The number of morpholine rings is 1. The molecule has 1 saturated heterocycles. The lowest BCUT2D eigenvalue weighted by Crippen LogP contribution is -2.36. The minimum absolute atomic E-state index is 0.199. The van der Waals surface area contributed by atoms with Gasteiger partial charge in [-0.25, -0.2) is 9.97 Å². The lowest BCUT2D eigenvalue weighted by atomic mass is 10.2. The Labute approximate surface area is 165 Å². The number of carbonyl (C=O) groups is 1. The molecule has 1 aliphatic rings. The number of thiophene rings is 1. The van der Waals surface area contributed by atoms with Crippen molar-refractivity contribution >= 4 is 39.5 Å². The van der Waals surface area contributed by atoms with E-state index in [-0.39, 0.29) is 5.91 Å². The van der Waals surface area contributed by atoms with E-state index in [0.717, 1.165) is 30.2 Å². The predicted molar refractivity (Wildman–Crippen MR) is 110 cm³/mol. The summed E-state index contributed by atoms with van der Waals surface area (Å²) in [5, 5.41) is 5.44. The van der Waals surface area contributed by atoms with E-state index in [2.05, 4.69) is 40.1 Å². The summed E-state index contributed by atoms with van der Waals surface area (Å²) in [5.74, 6) is 0.671. The van der Waals surface area contributed by atoms with E-state index >= 15 is 0 Å². The van der Waals surface area contributed by atoms with Gasteiger partial charge in [-0.15, -0.1) is 22.7 Å². The van der Waals surface area contributed by atoms with Gasteiger partial charge in [-0.3, -0.25) is 10.1 Å². The monoisotopic (exact) mass is 400 g/mol. The highest BCUT2D eigenvalue weighted by atomic mass is 32.1. The third-order valence-corrected chi connectivity index (χ3v) is 6.11. The number of thiazole rings is 1. The van der Waals surface area contributed by atoms with Gasteiger partial charge < -0.3 is 9.64 Å². The third kappa shape index (κ3) is 4.02. The first-order chi connectivity index (χ1) is 13.1. The van der Waals surface area contributed by atoms with Gasteiger partial charge in [0.05, 0.1) is 24.5 Å². The molecule has 140 valence electrons. The van der Waals surface area contributed by atoms with E-state index in [1.165, 1.54) is 21.1 Å². The Morgan fingerprint density at radius 1 is 1.26 bits per heavy atom. The van der Waals surface area contributed by atoms with Crippen molar-refractivity contribution in [3.05, 3.63) is 45.1 Å². The average molecular weight is 401 g/mol. The zero-order valence-electron chi connectivity index (χ0n) is 15.2. The van der Waals surface area contributed by atoms with Gasteiger partial charge in [0.25, 0.3) is 5.91 Å². The van der Waals surface area contributed by atoms with Gasteiger partial charge >= 0.3 is 0 Å². The van der Waals surface area contributed by atoms with Crippen LogP contribution in [0.2, 0.25) is 0 Å². The number of nitrogens with one attached hydrogen (secondary N) is 1. The molecule has 1 aliphatic heterocycles. The van der Waals surface area contributed by atoms with Gasteiger partial charge in [0, 0.05) is 40.0 Å². The van der Waals surface area contributed by atoms with Crippen molar-refractivity contribution in [1.82, 2.24) is 9.97 Å². The van der Waals surface area contributed by atoms with Crippen molar-refractivity contribution in [2.75, 3.05) is 36.5 Å². The fraction of sp³-hybridized carbons (Fsp3) is 0.316. The maximum Gasteiger partial charge on any atom is 0.259 e. The molecular weight excluding hydrogens is 380 g/mol. The summed E-state index contributed by atoms with van der Waals surface area (Å²) >= 11 is 3.18. The molecule has 4 rings (SSSR count). The van der Waals surface area contributed by atoms with Crippen LogP contribution in [-0.4, -0.2) is 42.2 Å². The first-order valence-electron chi connectivity index (χ1n) is 8.73. The fourth-order valence-electron chi connectivity index (χ4n) is 3.01. The first-order valence-corrected chi connectivity index (χ1v) is 10.4. The second kappa shape index (κ2) is 7.75. The van der Waals surface area contributed by atoms with Crippen LogP contribution < -0.4 is 10.2 Å². The molecule has 8 heteroatoms. The van der Waals surface area contributed by atoms with E-state index < -0.39 is 0 Å². The molecule has 0 spiro atoms. The standard InChI is InChI=1S/C19H20N4O2S2/c1-12-9-15(13(2)27-12)16-11-26-19(21-16)22-18(24)14-3-4-17(20-10-14)23-5-7-25-8-6-23/h3-4,9-11H,5-8H2,1-2H3,(H,21,22,24). The first kappa shape index (κ1) is 18.1. The zero-order valence-corrected chi connectivity index (χ0v) is 16.8. The summed E-state index contributed by atoms with van der Waals surface area (Å²) in [5.41, 5.74) is 2.55. The van der Waals surface area contributed by atoms with Gasteiger partial charge in [0.2, 0.25) is 0 Å². The van der Waals surface area contributed by atoms with Gasteiger partial charge in [-0.05, 0) is 32.0 Å². The van der Waals surface area contributed by atoms with Crippen LogP contribution in [-0.2, 0) is 4.74 Å². The molecular formula is C19H20N4O2S2. The normalized spacial score (nSPS) is 14.4. The molecule has 0 unspecified atom stereocenters. The Kier molecular flexibility index (Phi) is 5.20. The molecule has 0 radical (unpaired) electrons. The summed E-state index contributed by atoms with van der Waals surface area (Å²) in [6.45, 7) is 7.23. The highest BCUT2D eigenvalue weighted by molar-refractivity contribution is 7.14. The van der Waals surface area contributed by atoms with Gasteiger partial charge in [0.15, 0.2) is 5.13 Å². The number of pyridine rings is 1. The van der Waals surface area contributed by atoms with Gasteiger partial charge in [-0.2, -0.15) is 0 Å². The van der Waals surface area contributed by atoms with Crippen molar-refractivity contribution < 1.29 is 9.53 Å². The molecule has 3 aromatic rings. The average Bonchev–Trinajstić information content (AvgIpc) is 3.28. The maximum atomic E-state index is 12.5. The van der Waals surface area contributed by atoms with Crippen LogP contribution in [0.4, 0.5) is 10.9 Å². The van der Waals surface area contributed by atoms with Crippen LogP contribution in [0, 0.1) is 13.8 Å².